The van der Waals surface area contributed by atoms with Gasteiger partial charge in [0, 0.05) is 23.7 Å². The number of thioether (sulfide) groups is 1. The van der Waals surface area contributed by atoms with Crippen LogP contribution < -0.4 is 5.32 Å². The normalized spacial score (nSPS) is 13.9. The summed E-state index contributed by atoms with van der Waals surface area (Å²) in [6.45, 7) is 1.58. The van der Waals surface area contributed by atoms with Gasteiger partial charge in [0.1, 0.15) is 0 Å². The molecule has 0 unspecified atom stereocenters. The first-order valence-corrected chi connectivity index (χ1v) is 9.25. The minimum atomic E-state index is -0.246. The lowest BCUT2D eigenvalue weighted by Crippen LogP contribution is -2.39. The van der Waals surface area contributed by atoms with E-state index >= 15 is 0 Å². The molecule has 1 aliphatic heterocycles. The molecule has 9 heteroatoms. The van der Waals surface area contributed by atoms with Crippen molar-refractivity contribution in [2.75, 3.05) is 25.4 Å². The molecule has 0 aliphatic carbocycles. The average Bonchev–Trinajstić information content (AvgIpc) is 3.30. The summed E-state index contributed by atoms with van der Waals surface area (Å²) in [6.07, 6.45) is 2.06. The van der Waals surface area contributed by atoms with Crippen LogP contribution in [0.5, 0.6) is 0 Å². The summed E-state index contributed by atoms with van der Waals surface area (Å²) >= 11 is 6.97. The molecule has 0 atom stereocenters. The van der Waals surface area contributed by atoms with Gasteiger partial charge >= 0.3 is 0 Å². The van der Waals surface area contributed by atoms with E-state index in [2.05, 4.69) is 15.5 Å². The average molecular weight is 381 g/mol. The summed E-state index contributed by atoms with van der Waals surface area (Å²) in [5, 5.41) is 11.4. The molecule has 7 nitrogen and oxygen atoms in total. The van der Waals surface area contributed by atoms with Gasteiger partial charge in [0.05, 0.1) is 12.3 Å². The van der Waals surface area contributed by atoms with Gasteiger partial charge in [-0.2, -0.15) is 0 Å². The van der Waals surface area contributed by atoms with Crippen LogP contribution in [0.1, 0.15) is 12.8 Å². The number of hydrogen-bond donors (Lipinski definition) is 1. The van der Waals surface area contributed by atoms with Crippen molar-refractivity contribution in [2.24, 2.45) is 0 Å². The third kappa shape index (κ3) is 4.96. The van der Waals surface area contributed by atoms with E-state index in [1.165, 1.54) is 0 Å². The fourth-order valence-electron chi connectivity index (χ4n) is 2.41. The molecule has 2 heterocycles. The molecular weight excluding hydrogens is 364 g/mol. The lowest BCUT2D eigenvalue weighted by molar-refractivity contribution is -0.131. The van der Waals surface area contributed by atoms with E-state index in [1.807, 2.05) is 0 Å². The van der Waals surface area contributed by atoms with Crippen LogP contribution in [-0.2, 0) is 9.59 Å². The number of nitrogens with one attached hydrogen (secondary N) is 1. The third-order valence-electron chi connectivity index (χ3n) is 3.72. The fraction of sp³-hybridized carbons (Fsp3) is 0.375. The van der Waals surface area contributed by atoms with E-state index in [0.29, 0.717) is 16.1 Å². The molecular formula is C16H17ClN4O3S. The Hall–Kier alpha value is -2.06. The van der Waals surface area contributed by atoms with Crippen LogP contribution in [-0.4, -0.2) is 52.3 Å². The minimum absolute atomic E-state index is 0.0270. The highest BCUT2D eigenvalue weighted by Gasteiger charge is 2.18. The van der Waals surface area contributed by atoms with Gasteiger partial charge in [-0.25, -0.2) is 0 Å². The molecule has 3 rings (SSSR count). The summed E-state index contributed by atoms with van der Waals surface area (Å²) < 4.78 is 5.51. The SMILES string of the molecule is O=C(CSc1nnc(-c2ccc(Cl)cc2)o1)NCC(=O)N1CCCC1. The van der Waals surface area contributed by atoms with Crippen molar-refractivity contribution >= 4 is 35.2 Å². The molecule has 0 radical (unpaired) electrons. The number of halogens is 1. The van der Waals surface area contributed by atoms with Crippen LogP contribution in [0.15, 0.2) is 33.9 Å². The van der Waals surface area contributed by atoms with Gasteiger partial charge in [-0.05, 0) is 37.1 Å². The Balaban J connectivity index is 1.44. The molecule has 1 aromatic carbocycles. The van der Waals surface area contributed by atoms with Crippen LogP contribution in [0.4, 0.5) is 0 Å². The second-order valence-corrected chi connectivity index (χ2v) is 6.90. The van der Waals surface area contributed by atoms with Crippen LogP contribution >= 0.6 is 23.4 Å². The zero-order valence-electron chi connectivity index (χ0n) is 13.4. The van der Waals surface area contributed by atoms with Gasteiger partial charge in [-0.1, -0.05) is 23.4 Å². The van der Waals surface area contributed by atoms with Gasteiger partial charge in [0.25, 0.3) is 5.22 Å². The number of carbonyl (C=O) groups excluding carboxylic acids is 2. The number of carbonyl (C=O) groups is 2. The molecule has 1 aliphatic rings. The summed E-state index contributed by atoms with van der Waals surface area (Å²) in [5.74, 6) is 0.182. The van der Waals surface area contributed by atoms with Crippen molar-refractivity contribution in [3.63, 3.8) is 0 Å². The van der Waals surface area contributed by atoms with Gasteiger partial charge in [0.2, 0.25) is 17.7 Å². The zero-order valence-corrected chi connectivity index (χ0v) is 15.0. The van der Waals surface area contributed by atoms with Crippen molar-refractivity contribution in [3.8, 4) is 11.5 Å². The molecule has 132 valence electrons. The van der Waals surface area contributed by atoms with Crippen LogP contribution in [0.3, 0.4) is 0 Å². The maximum Gasteiger partial charge on any atom is 0.277 e. The van der Waals surface area contributed by atoms with Crippen LogP contribution in [0.25, 0.3) is 11.5 Å². The molecule has 2 amide bonds. The molecule has 0 spiro atoms. The molecule has 0 saturated carbocycles. The van der Waals surface area contributed by atoms with E-state index in [0.717, 1.165) is 43.3 Å². The molecule has 25 heavy (non-hydrogen) atoms. The number of benzene rings is 1. The van der Waals surface area contributed by atoms with E-state index in [-0.39, 0.29) is 24.1 Å². The Bertz CT molecular complexity index is 744. The maximum absolute atomic E-state index is 11.9. The molecule has 0 bridgehead atoms. The van der Waals surface area contributed by atoms with Gasteiger partial charge in [0.15, 0.2) is 0 Å². The second kappa shape index (κ2) is 8.35. The Labute approximate surface area is 154 Å². The molecule has 1 aromatic heterocycles. The topological polar surface area (TPSA) is 88.3 Å². The summed E-state index contributed by atoms with van der Waals surface area (Å²) in [6, 6.07) is 7.03. The van der Waals surface area contributed by atoms with Gasteiger partial charge < -0.3 is 14.6 Å². The Morgan fingerprint density at radius 3 is 2.64 bits per heavy atom. The highest BCUT2D eigenvalue weighted by atomic mass is 35.5. The zero-order chi connectivity index (χ0) is 17.6. The Morgan fingerprint density at radius 1 is 1.20 bits per heavy atom. The largest absolute Gasteiger partial charge is 0.411 e. The Kier molecular flexibility index (Phi) is 5.93. The van der Waals surface area contributed by atoms with E-state index < -0.39 is 0 Å². The molecule has 1 saturated heterocycles. The van der Waals surface area contributed by atoms with Crippen molar-refractivity contribution < 1.29 is 14.0 Å². The predicted molar refractivity (Wildman–Crippen MR) is 94.3 cm³/mol. The summed E-state index contributed by atoms with van der Waals surface area (Å²) in [5.41, 5.74) is 0.754. The highest BCUT2D eigenvalue weighted by Crippen LogP contribution is 2.24. The summed E-state index contributed by atoms with van der Waals surface area (Å²) in [7, 11) is 0. The number of nitrogens with zero attached hydrogens (tertiary/aromatic N) is 3. The number of amides is 2. The van der Waals surface area contributed by atoms with Crippen LogP contribution in [0, 0.1) is 0 Å². The lowest BCUT2D eigenvalue weighted by atomic mass is 10.2. The van der Waals surface area contributed by atoms with E-state index in [1.54, 1.807) is 29.2 Å². The maximum atomic E-state index is 11.9. The molecule has 1 N–H and O–H groups in total. The van der Waals surface area contributed by atoms with Crippen molar-refractivity contribution in [3.05, 3.63) is 29.3 Å². The van der Waals surface area contributed by atoms with E-state index in [4.69, 9.17) is 16.0 Å². The lowest BCUT2D eigenvalue weighted by Gasteiger charge is -2.15. The summed E-state index contributed by atoms with van der Waals surface area (Å²) in [4.78, 5) is 25.5. The third-order valence-corrected chi connectivity index (χ3v) is 4.79. The molecule has 2 aromatic rings. The first-order chi connectivity index (χ1) is 12.1. The standard InChI is InChI=1S/C16H17ClN4O3S/c17-12-5-3-11(4-6-12)15-19-20-16(24-15)25-10-13(22)18-9-14(23)21-7-1-2-8-21/h3-6H,1-2,7-10H2,(H,18,22). The number of aromatic nitrogens is 2. The second-order valence-electron chi connectivity index (χ2n) is 5.53. The van der Waals surface area contributed by atoms with Gasteiger partial charge in [-0.15, -0.1) is 10.2 Å². The first kappa shape index (κ1) is 17.8. The van der Waals surface area contributed by atoms with Crippen LogP contribution in [0.2, 0.25) is 5.02 Å². The van der Waals surface area contributed by atoms with Gasteiger partial charge in [-0.3, -0.25) is 9.59 Å². The Morgan fingerprint density at radius 2 is 1.92 bits per heavy atom. The van der Waals surface area contributed by atoms with E-state index in [9.17, 15) is 9.59 Å². The number of rotatable bonds is 6. The predicted octanol–water partition coefficient (Wildman–Crippen LogP) is 2.22. The van der Waals surface area contributed by atoms with Crippen molar-refractivity contribution in [2.45, 2.75) is 18.1 Å². The monoisotopic (exact) mass is 380 g/mol. The first-order valence-electron chi connectivity index (χ1n) is 7.88. The minimum Gasteiger partial charge on any atom is -0.411 e. The fourth-order valence-corrected chi connectivity index (χ4v) is 3.13. The number of hydrogen-bond acceptors (Lipinski definition) is 6. The quantitative estimate of drug-likeness (QED) is 0.773. The van der Waals surface area contributed by atoms with Crippen molar-refractivity contribution in [1.82, 2.24) is 20.4 Å². The number of likely N-dealkylation sites (tertiary alicyclic amines) is 1. The molecule has 1 fully saturated rings. The highest BCUT2D eigenvalue weighted by molar-refractivity contribution is 7.99. The smallest absolute Gasteiger partial charge is 0.277 e. The van der Waals surface area contributed by atoms with Crippen molar-refractivity contribution in [1.29, 1.82) is 0 Å².